The summed E-state index contributed by atoms with van der Waals surface area (Å²) in [5.74, 6) is -0.371. The number of benzene rings is 4. The summed E-state index contributed by atoms with van der Waals surface area (Å²) < 4.78 is 18.8. The molecule has 0 bridgehead atoms. The van der Waals surface area contributed by atoms with Crippen LogP contribution in [0, 0.1) is 5.82 Å². The van der Waals surface area contributed by atoms with E-state index in [-0.39, 0.29) is 24.2 Å². The molecule has 0 aromatic heterocycles. The van der Waals surface area contributed by atoms with E-state index in [1.54, 1.807) is 23.1 Å². The second kappa shape index (κ2) is 9.69. The molecule has 2 N–H and O–H groups in total. The average Bonchev–Trinajstić information content (AvgIpc) is 2.89. The SMILES string of the molecule is O=C(COc1cccc([C@H]2Nc3ccccc3C(=O)N2c2ccccc2)c1)Nc1ccc(F)cc1. The van der Waals surface area contributed by atoms with E-state index in [0.29, 0.717) is 17.0 Å². The summed E-state index contributed by atoms with van der Waals surface area (Å²) in [6, 6.07) is 29.6. The molecule has 1 aliphatic heterocycles. The Hall–Kier alpha value is -4.65. The van der Waals surface area contributed by atoms with Crippen molar-refractivity contribution in [2.45, 2.75) is 6.17 Å². The van der Waals surface area contributed by atoms with E-state index in [9.17, 15) is 14.0 Å². The predicted molar refractivity (Wildman–Crippen MR) is 133 cm³/mol. The van der Waals surface area contributed by atoms with Crippen molar-refractivity contribution in [1.82, 2.24) is 0 Å². The van der Waals surface area contributed by atoms with Crippen LogP contribution in [0.4, 0.5) is 21.5 Å². The molecular weight excluding hydrogens is 445 g/mol. The van der Waals surface area contributed by atoms with E-state index in [1.165, 1.54) is 24.3 Å². The highest BCUT2D eigenvalue weighted by atomic mass is 19.1. The van der Waals surface area contributed by atoms with E-state index in [1.807, 2.05) is 60.7 Å². The summed E-state index contributed by atoms with van der Waals surface area (Å²) >= 11 is 0. The van der Waals surface area contributed by atoms with Gasteiger partial charge in [0, 0.05) is 17.1 Å². The first-order valence-corrected chi connectivity index (χ1v) is 11.1. The topological polar surface area (TPSA) is 70.7 Å². The number of ether oxygens (including phenoxy) is 1. The molecule has 4 aromatic carbocycles. The fourth-order valence-corrected chi connectivity index (χ4v) is 4.00. The van der Waals surface area contributed by atoms with Crippen molar-refractivity contribution in [2.75, 3.05) is 22.1 Å². The number of amides is 2. The first-order chi connectivity index (χ1) is 17.1. The van der Waals surface area contributed by atoms with Crippen LogP contribution in [0.5, 0.6) is 5.75 Å². The highest BCUT2D eigenvalue weighted by molar-refractivity contribution is 6.12. The number of halogens is 1. The van der Waals surface area contributed by atoms with Gasteiger partial charge < -0.3 is 15.4 Å². The number of anilines is 3. The van der Waals surface area contributed by atoms with Gasteiger partial charge in [0.05, 0.1) is 5.56 Å². The molecule has 174 valence electrons. The third-order valence-electron chi connectivity index (χ3n) is 5.63. The monoisotopic (exact) mass is 467 g/mol. The molecule has 0 saturated heterocycles. The van der Waals surface area contributed by atoms with Gasteiger partial charge in [0.2, 0.25) is 0 Å². The van der Waals surface area contributed by atoms with Gasteiger partial charge in [0.25, 0.3) is 11.8 Å². The molecule has 0 unspecified atom stereocenters. The van der Waals surface area contributed by atoms with Crippen LogP contribution in [0.2, 0.25) is 0 Å². The van der Waals surface area contributed by atoms with Crippen molar-refractivity contribution in [3.8, 4) is 5.75 Å². The molecule has 1 heterocycles. The van der Waals surface area contributed by atoms with Crippen molar-refractivity contribution in [3.05, 3.63) is 120 Å². The molecule has 6 nitrogen and oxygen atoms in total. The number of para-hydroxylation sites is 2. The average molecular weight is 468 g/mol. The van der Waals surface area contributed by atoms with Gasteiger partial charge in [-0.2, -0.15) is 0 Å². The number of rotatable bonds is 6. The Balaban J connectivity index is 1.37. The first kappa shape index (κ1) is 22.2. The van der Waals surface area contributed by atoms with E-state index in [0.717, 1.165) is 16.9 Å². The maximum Gasteiger partial charge on any atom is 0.262 e. The van der Waals surface area contributed by atoms with Crippen LogP contribution < -0.4 is 20.3 Å². The Kier molecular flexibility index (Phi) is 6.13. The van der Waals surface area contributed by atoms with Crippen LogP contribution in [0.1, 0.15) is 22.1 Å². The molecule has 35 heavy (non-hydrogen) atoms. The molecule has 0 spiro atoms. The van der Waals surface area contributed by atoms with Crippen molar-refractivity contribution in [1.29, 1.82) is 0 Å². The van der Waals surface area contributed by atoms with Gasteiger partial charge in [-0.15, -0.1) is 0 Å². The van der Waals surface area contributed by atoms with Crippen LogP contribution in [-0.4, -0.2) is 18.4 Å². The molecule has 7 heteroatoms. The zero-order chi connectivity index (χ0) is 24.2. The van der Waals surface area contributed by atoms with Gasteiger partial charge in [-0.3, -0.25) is 14.5 Å². The maximum atomic E-state index is 13.5. The Morgan fingerprint density at radius 2 is 1.66 bits per heavy atom. The number of hydrogen-bond donors (Lipinski definition) is 2. The third-order valence-corrected chi connectivity index (χ3v) is 5.63. The summed E-state index contributed by atoms with van der Waals surface area (Å²) in [6.07, 6.45) is -0.476. The van der Waals surface area contributed by atoms with Gasteiger partial charge in [0.15, 0.2) is 6.61 Å². The second-order valence-corrected chi connectivity index (χ2v) is 8.02. The molecule has 0 radical (unpaired) electrons. The van der Waals surface area contributed by atoms with E-state index in [4.69, 9.17) is 4.74 Å². The lowest BCUT2D eigenvalue weighted by Crippen LogP contribution is -2.43. The lowest BCUT2D eigenvalue weighted by Gasteiger charge is -2.38. The standard InChI is InChI=1S/C28H22FN3O3/c29-20-13-15-21(16-14-20)30-26(33)18-35-23-10-6-7-19(17-23)27-31-25-12-5-4-11-24(25)28(34)32(27)22-8-2-1-3-9-22/h1-17,27,31H,18H2,(H,30,33)/t27-/m0/s1. The minimum atomic E-state index is -0.476. The van der Waals surface area contributed by atoms with Crippen molar-refractivity contribution in [3.63, 3.8) is 0 Å². The van der Waals surface area contributed by atoms with E-state index in [2.05, 4.69) is 10.6 Å². The third kappa shape index (κ3) is 4.84. The van der Waals surface area contributed by atoms with Gasteiger partial charge in [-0.25, -0.2) is 4.39 Å². The van der Waals surface area contributed by atoms with Crippen LogP contribution in [0.3, 0.4) is 0 Å². The molecular formula is C28H22FN3O3. The van der Waals surface area contributed by atoms with Gasteiger partial charge in [-0.1, -0.05) is 42.5 Å². The summed E-state index contributed by atoms with van der Waals surface area (Å²) in [6.45, 7) is -0.219. The second-order valence-electron chi connectivity index (χ2n) is 8.02. The van der Waals surface area contributed by atoms with E-state index >= 15 is 0 Å². The van der Waals surface area contributed by atoms with E-state index < -0.39 is 6.17 Å². The molecule has 0 saturated carbocycles. The fourth-order valence-electron chi connectivity index (χ4n) is 4.00. The Bertz CT molecular complexity index is 1360. The number of nitrogens with zero attached hydrogens (tertiary/aromatic N) is 1. The quantitative estimate of drug-likeness (QED) is 0.387. The molecule has 2 amide bonds. The molecule has 4 aromatic rings. The van der Waals surface area contributed by atoms with Crippen LogP contribution in [-0.2, 0) is 4.79 Å². The highest BCUT2D eigenvalue weighted by Gasteiger charge is 2.34. The number of fused-ring (bicyclic) bond motifs is 1. The Labute approximate surface area is 202 Å². The minimum absolute atomic E-state index is 0.111. The van der Waals surface area contributed by atoms with Crippen molar-refractivity contribution in [2.24, 2.45) is 0 Å². The number of hydrogen-bond acceptors (Lipinski definition) is 4. The van der Waals surface area contributed by atoms with Crippen molar-refractivity contribution >= 4 is 28.9 Å². The van der Waals surface area contributed by atoms with Crippen molar-refractivity contribution < 1.29 is 18.7 Å². The molecule has 1 aliphatic rings. The summed E-state index contributed by atoms with van der Waals surface area (Å²) in [5.41, 5.74) is 3.38. The number of nitrogens with one attached hydrogen (secondary N) is 2. The highest BCUT2D eigenvalue weighted by Crippen LogP contribution is 2.37. The molecule has 5 rings (SSSR count). The summed E-state index contributed by atoms with van der Waals surface area (Å²) in [7, 11) is 0. The summed E-state index contributed by atoms with van der Waals surface area (Å²) in [5, 5.41) is 6.13. The maximum absolute atomic E-state index is 13.5. The zero-order valence-electron chi connectivity index (χ0n) is 18.6. The zero-order valence-corrected chi connectivity index (χ0v) is 18.6. The lowest BCUT2D eigenvalue weighted by molar-refractivity contribution is -0.118. The van der Waals surface area contributed by atoms with Crippen LogP contribution in [0.15, 0.2) is 103 Å². The summed E-state index contributed by atoms with van der Waals surface area (Å²) in [4.78, 5) is 27.5. The van der Waals surface area contributed by atoms with Crippen LogP contribution >= 0.6 is 0 Å². The minimum Gasteiger partial charge on any atom is -0.484 e. The largest absolute Gasteiger partial charge is 0.484 e. The number of carbonyl (C=O) groups excluding carboxylic acids is 2. The lowest BCUT2D eigenvalue weighted by atomic mass is 10.0. The first-order valence-electron chi connectivity index (χ1n) is 11.1. The molecule has 0 aliphatic carbocycles. The predicted octanol–water partition coefficient (Wildman–Crippen LogP) is 5.61. The van der Waals surface area contributed by atoms with Gasteiger partial charge in [-0.05, 0) is 66.2 Å². The fraction of sp³-hybridized carbons (Fsp3) is 0.0714. The number of carbonyl (C=O) groups is 2. The normalized spacial score (nSPS) is 14.6. The van der Waals surface area contributed by atoms with Gasteiger partial charge >= 0.3 is 0 Å². The smallest absolute Gasteiger partial charge is 0.262 e. The van der Waals surface area contributed by atoms with Crippen LogP contribution in [0.25, 0.3) is 0 Å². The van der Waals surface area contributed by atoms with Gasteiger partial charge in [0.1, 0.15) is 17.7 Å². The Morgan fingerprint density at radius 1 is 0.914 bits per heavy atom. The Morgan fingerprint density at radius 3 is 2.46 bits per heavy atom. The molecule has 0 fully saturated rings. The molecule has 1 atom stereocenters.